The number of benzene rings is 1. The molecule has 0 atom stereocenters. The molecule has 0 bridgehead atoms. The number of carbonyl (C=O) groups is 3. The normalized spacial score (nSPS) is 10.3. The third kappa shape index (κ3) is 6.52. The Kier molecular flexibility index (Phi) is 6.99. The highest BCUT2D eigenvalue weighted by Gasteiger charge is 2.05. The predicted octanol–water partition coefficient (Wildman–Crippen LogP) is 2.62. The lowest BCUT2D eigenvalue weighted by Crippen LogP contribution is -2.26. The van der Waals surface area contributed by atoms with E-state index in [2.05, 4.69) is 20.7 Å². The summed E-state index contributed by atoms with van der Waals surface area (Å²) in [5.41, 5.74) is 1.12. The molecular weight excluding hydrogens is 338 g/mol. The van der Waals surface area contributed by atoms with Gasteiger partial charge in [-0.2, -0.15) is 0 Å². The fraction of sp³-hybridized carbons (Fsp3) is 0.167. The molecule has 26 heavy (non-hydrogen) atoms. The first-order chi connectivity index (χ1) is 12.6. The van der Waals surface area contributed by atoms with Crippen LogP contribution in [0.1, 0.15) is 12.2 Å². The number of anilines is 2. The Morgan fingerprint density at radius 1 is 1.08 bits per heavy atom. The molecule has 0 saturated heterocycles. The largest absolute Gasteiger partial charge is 0.465 e. The van der Waals surface area contributed by atoms with Crippen LogP contribution in [0.4, 0.5) is 16.2 Å². The zero-order valence-corrected chi connectivity index (χ0v) is 14.2. The average Bonchev–Trinajstić information content (AvgIpc) is 3.15. The number of amides is 3. The molecule has 0 unspecified atom stereocenters. The van der Waals surface area contributed by atoms with Crippen molar-refractivity contribution < 1.29 is 23.5 Å². The zero-order chi connectivity index (χ0) is 18.8. The van der Waals surface area contributed by atoms with Crippen LogP contribution in [-0.2, 0) is 14.3 Å². The van der Waals surface area contributed by atoms with Gasteiger partial charge >= 0.3 is 6.09 Å². The van der Waals surface area contributed by atoms with Gasteiger partial charge in [-0.15, -0.1) is 0 Å². The van der Waals surface area contributed by atoms with E-state index in [0.29, 0.717) is 17.1 Å². The van der Waals surface area contributed by atoms with Gasteiger partial charge in [-0.05, 0) is 42.5 Å². The minimum atomic E-state index is -0.571. The first-order valence-electron chi connectivity index (χ1n) is 7.81. The Morgan fingerprint density at radius 2 is 1.77 bits per heavy atom. The Morgan fingerprint density at radius 3 is 2.38 bits per heavy atom. The highest BCUT2D eigenvalue weighted by Crippen LogP contribution is 2.13. The maximum absolute atomic E-state index is 11.9. The van der Waals surface area contributed by atoms with Gasteiger partial charge in [-0.3, -0.25) is 14.9 Å². The number of furan rings is 1. The molecular formula is C18H19N3O5. The van der Waals surface area contributed by atoms with Gasteiger partial charge in [-0.1, -0.05) is 0 Å². The maximum Gasteiger partial charge on any atom is 0.411 e. The van der Waals surface area contributed by atoms with Crippen LogP contribution >= 0.6 is 0 Å². The van der Waals surface area contributed by atoms with E-state index in [1.54, 1.807) is 42.5 Å². The quantitative estimate of drug-likeness (QED) is 0.660. The number of nitrogens with one attached hydrogen (secondary N) is 3. The summed E-state index contributed by atoms with van der Waals surface area (Å²) < 4.78 is 9.55. The molecule has 3 N–H and O–H groups in total. The van der Waals surface area contributed by atoms with Crippen LogP contribution < -0.4 is 16.0 Å². The molecule has 0 spiro atoms. The van der Waals surface area contributed by atoms with Gasteiger partial charge in [0.25, 0.3) is 0 Å². The van der Waals surface area contributed by atoms with Crippen LogP contribution in [0.15, 0.2) is 53.2 Å². The highest BCUT2D eigenvalue weighted by atomic mass is 16.5. The monoisotopic (exact) mass is 357 g/mol. The summed E-state index contributed by atoms with van der Waals surface area (Å²) >= 11 is 0. The van der Waals surface area contributed by atoms with Gasteiger partial charge in [0.2, 0.25) is 11.8 Å². The average molecular weight is 357 g/mol. The molecule has 1 heterocycles. The predicted molar refractivity (Wildman–Crippen MR) is 96.5 cm³/mol. The summed E-state index contributed by atoms with van der Waals surface area (Å²) in [5.74, 6) is 0.0180. The Hall–Kier alpha value is -3.55. The summed E-state index contributed by atoms with van der Waals surface area (Å²) in [6.45, 7) is 0.204. The van der Waals surface area contributed by atoms with E-state index in [4.69, 9.17) is 4.42 Å². The minimum Gasteiger partial charge on any atom is -0.465 e. The number of carbonyl (C=O) groups excluding carboxylic acids is 3. The number of rotatable bonds is 7. The van der Waals surface area contributed by atoms with E-state index in [0.717, 1.165) is 0 Å². The molecule has 136 valence electrons. The Labute approximate surface area is 150 Å². The van der Waals surface area contributed by atoms with Crippen molar-refractivity contribution in [3.05, 3.63) is 54.5 Å². The number of hydrogen-bond donors (Lipinski definition) is 3. The van der Waals surface area contributed by atoms with E-state index < -0.39 is 6.09 Å². The molecule has 0 aliphatic rings. The van der Waals surface area contributed by atoms with Crippen molar-refractivity contribution in [1.29, 1.82) is 0 Å². The topological polar surface area (TPSA) is 110 Å². The Balaban J connectivity index is 1.69. The van der Waals surface area contributed by atoms with Crippen molar-refractivity contribution in [2.75, 3.05) is 24.3 Å². The van der Waals surface area contributed by atoms with Crippen LogP contribution in [0.2, 0.25) is 0 Å². The fourth-order valence-electron chi connectivity index (χ4n) is 1.93. The molecule has 0 fully saturated rings. The molecule has 1 aromatic heterocycles. The number of hydrogen-bond acceptors (Lipinski definition) is 5. The van der Waals surface area contributed by atoms with Crippen LogP contribution in [-0.4, -0.2) is 31.6 Å². The van der Waals surface area contributed by atoms with Crippen LogP contribution in [0.3, 0.4) is 0 Å². The van der Waals surface area contributed by atoms with E-state index in [1.807, 2.05) is 0 Å². The van der Waals surface area contributed by atoms with E-state index in [1.165, 1.54) is 19.4 Å². The summed E-state index contributed by atoms with van der Waals surface area (Å²) in [4.78, 5) is 34.6. The number of ether oxygens (including phenoxy) is 1. The molecule has 0 radical (unpaired) electrons. The number of methoxy groups -OCH3 is 1. The molecule has 0 aliphatic heterocycles. The Bertz CT molecular complexity index is 767. The smallest absolute Gasteiger partial charge is 0.411 e. The van der Waals surface area contributed by atoms with E-state index >= 15 is 0 Å². The molecule has 2 rings (SSSR count). The molecule has 0 aliphatic carbocycles. The molecule has 8 heteroatoms. The minimum absolute atomic E-state index is 0.127. The molecule has 1 aromatic carbocycles. The highest BCUT2D eigenvalue weighted by molar-refractivity contribution is 5.93. The third-order valence-corrected chi connectivity index (χ3v) is 3.19. The summed E-state index contributed by atoms with van der Waals surface area (Å²) in [6, 6.07) is 10.0. The zero-order valence-electron chi connectivity index (χ0n) is 14.2. The molecule has 3 amide bonds. The molecule has 0 saturated carbocycles. The SMILES string of the molecule is COC(=O)Nc1ccc(NC(=O)CCNC(=O)/C=C/c2ccco2)cc1. The first-order valence-corrected chi connectivity index (χ1v) is 7.81. The van der Waals surface area contributed by atoms with Crippen molar-refractivity contribution in [2.24, 2.45) is 0 Å². The lowest BCUT2D eigenvalue weighted by molar-refractivity contribution is -0.117. The standard InChI is InChI=1S/C18H19N3O5/c1-25-18(24)21-14-6-4-13(5-7-14)20-17(23)10-11-19-16(22)9-8-15-3-2-12-26-15/h2-9,12H,10-11H2,1H3,(H,19,22)(H,20,23)(H,21,24)/b9-8+. The first kappa shape index (κ1) is 18.8. The second kappa shape index (κ2) is 9.67. The van der Waals surface area contributed by atoms with Crippen molar-refractivity contribution in [3.8, 4) is 0 Å². The fourth-order valence-corrected chi connectivity index (χ4v) is 1.93. The van der Waals surface area contributed by atoms with Crippen molar-refractivity contribution >= 4 is 35.4 Å². The van der Waals surface area contributed by atoms with Crippen LogP contribution in [0, 0.1) is 0 Å². The van der Waals surface area contributed by atoms with E-state index in [9.17, 15) is 14.4 Å². The summed E-state index contributed by atoms with van der Waals surface area (Å²) in [7, 11) is 1.27. The van der Waals surface area contributed by atoms with Gasteiger partial charge in [0.05, 0.1) is 13.4 Å². The lowest BCUT2D eigenvalue weighted by Gasteiger charge is -2.07. The second-order valence-corrected chi connectivity index (χ2v) is 5.13. The lowest BCUT2D eigenvalue weighted by atomic mass is 10.2. The van der Waals surface area contributed by atoms with Gasteiger partial charge < -0.3 is 19.8 Å². The van der Waals surface area contributed by atoms with Crippen molar-refractivity contribution in [2.45, 2.75) is 6.42 Å². The summed E-state index contributed by atoms with van der Waals surface area (Å²) in [6.07, 6.45) is 3.95. The van der Waals surface area contributed by atoms with Crippen molar-refractivity contribution in [1.82, 2.24) is 5.32 Å². The van der Waals surface area contributed by atoms with Crippen molar-refractivity contribution in [3.63, 3.8) is 0 Å². The van der Waals surface area contributed by atoms with E-state index in [-0.39, 0.29) is 24.8 Å². The second-order valence-electron chi connectivity index (χ2n) is 5.13. The maximum atomic E-state index is 11.9. The van der Waals surface area contributed by atoms with Crippen LogP contribution in [0.25, 0.3) is 6.08 Å². The van der Waals surface area contributed by atoms with Gasteiger partial charge in [0.15, 0.2) is 0 Å². The molecule has 8 nitrogen and oxygen atoms in total. The third-order valence-electron chi connectivity index (χ3n) is 3.19. The van der Waals surface area contributed by atoms with Gasteiger partial charge in [0, 0.05) is 30.4 Å². The molecule has 2 aromatic rings. The van der Waals surface area contributed by atoms with Crippen LogP contribution in [0.5, 0.6) is 0 Å². The summed E-state index contributed by atoms with van der Waals surface area (Å²) in [5, 5.41) is 7.81. The van der Waals surface area contributed by atoms with Gasteiger partial charge in [0.1, 0.15) is 5.76 Å². The van der Waals surface area contributed by atoms with Gasteiger partial charge in [-0.25, -0.2) is 4.79 Å².